The molecule has 1 aromatic rings. The number of aryl methyl sites for hydroxylation is 1. The molecule has 0 radical (unpaired) electrons. The highest BCUT2D eigenvalue weighted by atomic mass is 16.5. The lowest BCUT2D eigenvalue weighted by Gasteiger charge is -2.13. The van der Waals surface area contributed by atoms with Gasteiger partial charge in [-0.1, -0.05) is 25.5 Å². The van der Waals surface area contributed by atoms with E-state index >= 15 is 0 Å². The van der Waals surface area contributed by atoms with Gasteiger partial charge in [-0.25, -0.2) is 4.99 Å². The number of unbranched alkanes of at least 4 members (excludes halogenated alkanes) is 1. The van der Waals surface area contributed by atoms with Gasteiger partial charge in [0.25, 0.3) is 0 Å². The Balaban J connectivity index is 2.70. The molecule has 0 aliphatic rings. The van der Waals surface area contributed by atoms with Crippen molar-refractivity contribution in [2.24, 2.45) is 4.99 Å². The summed E-state index contributed by atoms with van der Waals surface area (Å²) in [4.78, 5) is 4.67. The molecule has 0 saturated heterocycles. The van der Waals surface area contributed by atoms with Gasteiger partial charge in [0.15, 0.2) is 5.96 Å². The Morgan fingerprint density at radius 1 is 1.12 bits per heavy atom. The molecule has 5 heteroatoms. The van der Waals surface area contributed by atoms with Gasteiger partial charge in [-0.3, -0.25) is 0 Å². The molecule has 0 aliphatic carbocycles. The third-order valence-corrected chi connectivity index (χ3v) is 3.49. The van der Waals surface area contributed by atoms with Crippen molar-refractivity contribution in [1.29, 1.82) is 0 Å². The molecule has 5 nitrogen and oxygen atoms in total. The predicted molar refractivity (Wildman–Crippen MR) is 101 cm³/mol. The van der Waals surface area contributed by atoms with E-state index in [1.54, 1.807) is 0 Å². The number of nitrogens with one attached hydrogen (secondary N) is 2. The van der Waals surface area contributed by atoms with Crippen molar-refractivity contribution in [3.63, 3.8) is 0 Å². The third kappa shape index (κ3) is 8.20. The van der Waals surface area contributed by atoms with Crippen LogP contribution in [-0.2, 0) is 11.3 Å². The monoisotopic (exact) mass is 335 g/mol. The quantitative estimate of drug-likeness (QED) is 0.370. The summed E-state index contributed by atoms with van der Waals surface area (Å²) in [6.45, 7) is 12.6. The lowest BCUT2D eigenvalue weighted by Crippen LogP contribution is -2.37. The fourth-order valence-electron chi connectivity index (χ4n) is 2.17. The smallest absolute Gasteiger partial charge is 0.191 e. The van der Waals surface area contributed by atoms with Gasteiger partial charge in [0.2, 0.25) is 0 Å². The maximum atomic E-state index is 5.88. The van der Waals surface area contributed by atoms with Crippen LogP contribution in [0.1, 0.15) is 44.7 Å². The van der Waals surface area contributed by atoms with Crippen molar-refractivity contribution in [2.45, 2.75) is 47.1 Å². The summed E-state index contributed by atoms with van der Waals surface area (Å²) in [5.41, 5.74) is 2.27. The Kier molecular flexibility index (Phi) is 10.7. The van der Waals surface area contributed by atoms with Crippen LogP contribution in [0, 0.1) is 6.92 Å². The second kappa shape index (κ2) is 12.6. The molecule has 0 aliphatic heterocycles. The first kappa shape index (κ1) is 20.3. The topological polar surface area (TPSA) is 54.9 Å². The van der Waals surface area contributed by atoms with E-state index in [4.69, 9.17) is 9.47 Å². The summed E-state index contributed by atoms with van der Waals surface area (Å²) in [5.74, 6) is 1.75. The van der Waals surface area contributed by atoms with Crippen LogP contribution in [0.4, 0.5) is 0 Å². The van der Waals surface area contributed by atoms with E-state index in [0.717, 1.165) is 36.8 Å². The molecule has 24 heavy (non-hydrogen) atoms. The zero-order chi connectivity index (χ0) is 17.6. The molecular formula is C19H33N3O2. The highest BCUT2D eigenvalue weighted by molar-refractivity contribution is 5.79. The Bertz CT molecular complexity index is 490. The first-order chi connectivity index (χ1) is 11.7. The number of nitrogens with zero attached hydrogens (tertiary/aromatic N) is 1. The van der Waals surface area contributed by atoms with Crippen LogP contribution in [0.15, 0.2) is 23.2 Å². The van der Waals surface area contributed by atoms with Gasteiger partial charge in [-0.15, -0.1) is 0 Å². The molecule has 0 atom stereocenters. The second-order valence-corrected chi connectivity index (χ2v) is 5.63. The molecule has 0 saturated carbocycles. The molecule has 1 rings (SSSR count). The average Bonchev–Trinajstić information content (AvgIpc) is 2.58. The number of hydrogen-bond donors (Lipinski definition) is 2. The lowest BCUT2D eigenvalue weighted by atomic mass is 10.1. The van der Waals surface area contributed by atoms with E-state index in [-0.39, 0.29) is 0 Å². The summed E-state index contributed by atoms with van der Waals surface area (Å²) >= 11 is 0. The molecule has 0 spiro atoms. The predicted octanol–water partition coefficient (Wildman–Crippen LogP) is 3.27. The van der Waals surface area contributed by atoms with Gasteiger partial charge in [0.1, 0.15) is 12.4 Å². The Labute approximate surface area is 146 Å². The summed E-state index contributed by atoms with van der Waals surface area (Å²) in [6, 6.07) is 6.25. The maximum Gasteiger partial charge on any atom is 0.191 e. The molecule has 0 amide bonds. The fourth-order valence-corrected chi connectivity index (χ4v) is 2.17. The summed E-state index contributed by atoms with van der Waals surface area (Å²) in [5, 5.41) is 6.64. The number of guanidine groups is 1. The lowest BCUT2D eigenvalue weighted by molar-refractivity contribution is 0.110. The minimum Gasteiger partial charge on any atom is -0.491 e. The van der Waals surface area contributed by atoms with Crippen molar-refractivity contribution in [3.05, 3.63) is 29.3 Å². The summed E-state index contributed by atoms with van der Waals surface area (Å²) < 4.78 is 11.2. The van der Waals surface area contributed by atoms with E-state index in [2.05, 4.69) is 54.6 Å². The third-order valence-electron chi connectivity index (χ3n) is 3.49. The van der Waals surface area contributed by atoms with Crippen LogP contribution in [0.2, 0.25) is 0 Å². The van der Waals surface area contributed by atoms with Crippen molar-refractivity contribution in [2.75, 3.05) is 32.9 Å². The minimum absolute atomic E-state index is 0.558. The van der Waals surface area contributed by atoms with Crippen LogP contribution in [0.5, 0.6) is 5.75 Å². The first-order valence-electron chi connectivity index (χ1n) is 9.03. The van der Waals surface area contributed by atoms with Gasteiger partial charge >= 0.3 is 0 Å². The van der Waals surface area contributed by atoms with Crippen LogP contribution < -0.4 is 15.4 Å². The molecule has 2 N–H and O–H groups in total. The zero-order valence-corrected chi connectivity index (χ0v) is 15.7. The van der Waals surface area contributed by atoms with E-state index in [0.29, 0.717) is 26.4 Å². The summed E-state index contributed by atoms with van der Waals surface area (Å²) in [6.07, 6.45) is 2.31. The molecular weight excluding hydrogens is 302 g/mol. The number of ether oxygens (including phenoxy) is 2. The maximum absolute atomic E-state index is 5.88. The van der Waals surface area contributed by atoms with Crippen LogP contribution >= 0.6 is 0 Å². The van der Waals surface area contributed by atoms with E-state index < -0.39 is 0 Å². The highest BCUT2D eigenvalue weighted by Gasteiger charge is 2.05. The van der Waals surface area contributed by atoms with Crippen molar-refractivity contribution >= 4 is 5.96 Å². The van der Waals surface area contributed by atoms with Crippen molar-refractivity contribution in [3.8, 4) is 5.75 Å². The Morgan fingerprint density at radius 2 is 1.96 bits per heavy atom. The van der Waals surface area contributed by atoms with Crippen molar-refractivity contribution in [1.82, 2.24) is 10.6 Å². The zero-order valence-electron chi connectivity index (χ0n) is 15.7. The first-order valence-corrected chi connectivity index (χ1v) is 9.03. The summed E-state index contributed by atoms with van der Waals surface area (Å²) in [7, 11) is 0. The Hall–Kier alpha value is -1.75. The van der Waals surface area contributed by atoms with Gasteiger partial charge < -0.3 is 20.1 Å². The Morgan fingerprint density at radius 3 is 2.67 bits per heavy atom. The number of rotatable bonds is 11. The molecule has 0 heterocycles. The molecule has 0 fully saturated rings. The van der Waals surface area contributed by atoms with Gasteiger partial charge in [0, 0.05) is 25.3 Å². The molecule has 136 valence electrons. The van der Waals surface area contributed by atoms with Crippen LogP contribution in [-0.4, -0.2) is 38.9 Å². The van der Waals surface area contributed by atoms with E-state index in [1.807, 2.05) is 6.92 Å². The molecule has 0 bridgehead atoms. The standard InChI is InChI=1S/C19H33N3O2/c1-5-8-11-21-19(20-6-2)22-15-17-10-9-16(4)14-18(17)24-13-12-23-7-3/h9-10,14H,5-8,11-13,15H2,1-4H3,(H2,20,21,22). The van der Waals surface area contributed by atoms with E-state index in [1.165, 1.54) is 12.0 Å². The number of hydrogen-bond acceptors (Lipinski definition) is 3. The van der Waals surface area contributed by atoms with Crippen LogP contribution in [0.3, 0.4) is 0 Å². The largest absolute Gasteiger partial charge is 0.491 e. The molecule has 1 aromatic carbocycles. The molecule has 0 aromatic heterocycles. The van der Waals surface area contributed by atoms with Gasteiger partial charge in [0.05, 0.1) is 13.2 Å². The van der Waals surface area contributed by atoms with Crippen LogP contribution in [0.25, 0.3) is 0 Å². The highest BCUT2D eigenvalue weighted by Crippen LogP contribution is 2.21. The fraction of sp³-hybridized carbons (Fsp3) is 0.632. The normalized spacial score (nSPS) is 11.4. The van der Waals surface area contributed by atoms with E-state index in [9.17, 15) is 0 Å². The number of aliphatic imine (C=N–C) groups is 1. The average molecular weight is 335 g/mol. The van der Waals surface area contributed by atoms with Gasteiger partial charge in [-0.05, 0) is 38.8 Å². The number of benzene rings is 1. The van der Waals surface area contributed by atoms with Gasteiger partial charge in [-0.2, -0.15) is 0 Å². The SMILES string of the molecule is CCCCNC(=NCc1ccc(C)cc1OCCOCC)NCC. The van der Waals surface area contributed by atoms with Crippen molar-refractivity contribution < 1.29 is 9.47 Å². The molecule has 0 unspecified atom stereocenters. The second-order valence-electron chi connectivity index (χ2n) is 5.63. The minimum atomic E-state index is 0.558.